The Balaban J connectivity index is 3.66. The van der Waals surface area contributed by atoms with Crippen molar-refractivity contribution in [1.29, 1.82) is 0 Å². The molecule has 0 saturated heterocycles. The standard InChI is InChI=1S/C17H21N3O/c1-6-13-14(20-7-2)9-8-10(3)15(13)11(4)16(18)12(5)17(19)21/h6-9H,1,5,18H2,2-4H3,(H2,19,21)/b16-11-,20-7-. The fourth-order valence-electron chi connectivity index (χ4n) is 2.17. The van der Waals surface area contributed by atoms with E-state index in [0.717, 1.165) is 28.0 Å². The lowest BCUT2D eigenvalue weighted by Crippen LogP contribution is -2.19. The van der Waals surface area contributed by atoms with E-state index in [0.29, 0.717) is 0 Å². The summed E-state index contributed by atoms with van der Waals surface area (Å²) >= 11 is 0. The van der Waals surface area contributed by atoms with Gasteiger partial charge in [-0.2, -0.15) is 0 Å². The van der Waals surface area contributed by atoms with Crippen molar-refractivity contribution in [2.75, 3.05) is 0 Å². The van der Waals surface area contributed by atoms with Crippen LogP contribution in [0.25, 0.3) is 11.6 Å². The van der Waals surface area contributed by atoms with E-state index < -0.39 is 5.91 Å². The van der Waals surface area contributed by atoms with Gasteiger partial charge in [-0.05, 0) is 43.5 Å². The van der Waals surface area contributed by atoms with Crippen molar-refractivity contribution < 1.29 is 4.79 Å². The zero-order valence-corrected chi connectivity index (χ0v) is 12.7. The van der Waals surface area contributed by atoms with Crippen molar-refractivity contribution in [2.45, 2.75) is 20.8 Å². The van der Waals surface area contributed by atoms with Crippen molar-refractivity contribution in [3.8, 4) is 0 Å². The van der Waals surface area contributed by atoms with Gasteiger partial charge >= 0.3 is 0 Å². The lowest BCUT2D eigenvalue weighted by Gasteiger charge is -2.16. The molecular weight excluding hydrogens is 262 g/mol. The van der Waals surface area contributed by atoms with Crippen LogP contribution in [0, 0.1) is 6.92 Å². The van der Waals surface area contributed by atoms with Crippen LogP contribution in [-0.2, 0) is 4.79 Å². The Morgan fingerprint density at radius 1 is 1.33 bits per heavy atom. The summed E-state index contributed by atoms with van der Waals surface area (Å²) in [7, 11) is 0. The summed E-state index contributed by atoms with van der Waals surface area (Å²) in [4.78, 5) is 15.6. The van der Waals surface area contributed by atoms with E-state index in [-0.39, 0.29) is 11.3 Å². The number of carbonyl (C=O) groups is 1. The summed E-state index contributed by atoms with van der Waals surface area (Å²) in [5.74, 6) is -0.632. The third kappa shape index (κ3) is 3.28. The quantitative estimate of drug-likeness (QED) is 0.494. The number of hydrogen-bond acceptors (Lipinski definition) is 3. The van der Waals surface area contributed by atoms with Gasteiger partial charge in [0, 0.05) is 17.5 Å². The minimum Gasteiger partial charge on any atom is -0.398 e. The molecule has 1 aromatic rings. The lowest BCUT2D eigenvalue weighted by atomic mass is 9.92. The molecule has 0 heterocycles. The molecule has 0 fully saturated rings. The van der Waals surface area contributed by atoms with Gasteiger partial charge in [0.1, 0.15) is 0 Å². The highest BCUT2D eigenvalue weighted by atomic mass is 16.1. The third-order valence-electron chi connectivity index (χ3n) is 3.30. The normalized spacial score (nSPS) is 12.1. The maximum Gasteiger partial charge on any atom is 0.250 e. The van der Waals surface area contributed by atoms with Crippen molar-refractivity contribution in [2.24, 2.45) is 16.5 Å². The smallest absolute Gasteiger partial charge is 0.250 e. The zero-order chi connectivity index (χ0) is 16.2. The lowest BCUT2D eigenvalue weighted by molar-refractivity contribution is -0.114. The second kappa shape index (κ2) is 6.70. The second-order valence-electron chi connectivity index (χ2n) is 4.66. The molecule has 0 saturated carbocycles. The van der Waals surface area contributed by atoms with E-state index in [1.807, 2.05) is 32.9 Å². The highest BCUT2D eigenvalue weighted by Gasteiger charge is 2.15. The van der Waals surface area contributed by atoms with Gasteiger partial charge in [0.25, 0.3) is 0 Å². The van der Waals surface area contributed by atoms with Crippen LogP contribution in [0.15, 0.2) is 41.6 Å². The zero-order valence-electron chi connectivity index (χ0n) is 12.7. The average molecular weight is 283 g/mol. The van der Waals surface area contributed by atoms with Crippen molar-refractivity contribution in [3.63, 3.8) is 0 Å². The van der Waals surface area contributed by atoms with Crippen LogP contribution in [-0.4, -0.2) is 12.1 Å². The molecule has 0 aliphatic heterocycles. The summed E-state index contributed by atoms with van der Waals surface area (Å²) in [5.41, 5.74) is 16.0. The Bertz CT molecular complexity index is 667. The van der Waals surface area contributed by atoms with Gasteiger partial charge in [-0.3, -0.25) is 9.79 Å². The number of hydrogen-bond donors (Lipinski definition) is 2. The van der Waals surface area contributed by atoms with Crippen LogP contribution in [0.3, 0.4) is 0 Å². The summed E-state index contributed by atoms with van der Waals surface area (Å²) in [5, 5.41) is 0. The molecule has 0 spiro atoms. The van der Waals surface area contributed by atoms with Crippen LogP contribution in [0.1, 0.15) is 30.5 Å². The van der Waals surface area contributed by atoms with E-state index in [1.54, 1.807) is 12.3 Å². The Labute approximate surface area is 125 Å². The number of rotatable bonds is 5. The molecule has 4 heteroatoms. The number of nitrogens with two attached hydrogens (primary N) is 2. The number of primary amides is 1. The number of benzene rings is 1. The topological polar surface area (TPSA) is 81.5 Å². The molecule has 4 nitrogen and oxygen atoms in total. The summed E-state index contributed by atoms with van der Waals surface area (Å²) < 4.78 is 0. The van der Waals surface area contributed by atoms with E-state index in [4.69, 9.17) is 11.5 Å². The molecule has 21 heavy (non-hydrogen) atoms. The van der Waals surface area contributed by atoms with Gasteiger partial charge in [0.05, 0.1) is 11.3 Å². The largest absolute Gasteiger partial charge is 0.398 e. The second-order valence-corrected chi connectivity index (χ2v) is 4.66. The first-order valence-corrected chi connectivity index (χ1v) is 6.55. The molecule has 0 atom stereocenters. The number of aryl methyl sites for hydroxylation is 1. The molecule has 4 N–H and O–H groups in total. The van der Waals surface area contributed by atoms with Gasteiger partial charge in [-0.15, -0.1) is 0 Å². The number of amides is 1. The first-order chi connectivity index (χ1) is 9.84. The van der Waals surface area contributed by atoms with Crippen molar-refractivity contribution >= 4 is 29.5 Å². The maximum absolute atomic E-state index is 11.3. The molecule has 0 aliphatic rings. The van der Waals surface area contributed by atoms with Gasteiger partial charge < -0.3 is 11.5 Å². The van der Waals surface area contributed by atoms with E-state index in [1.165, 1.54) is 0 Å². The van der Waals surface area contributed by atoms with E-state index in [2.05, 4.69) is 18.2 Å². The van der Waals surface area contributed by atoms with Gasteiger partial charge in [-0.25, -0.2) is 0 Å². The van der Waals surface area contributed by atoms with Crippen LogP contribution >= 0.6 is 0 Å². The molecule has 0 unspecified atom stereocenters. The van der Waals surface area contributed by atoms with Crippen LogP contribution in [0.4, 0.5) is 5.69 Å². The first-order valence-electron chi connectivity index (χ1n) is 6.55. The highest BCUT2D eigenvalue weighted by molar-refractivity contribution is 5.99. The van der Waals surface area contributed by atoms with Gasteiger partial charge in [-0.1, -0.05) is 25.3 Å². The summed E-state index contributed by atoms with van der Waals surface area (Å²) in [6, 6.07) is 3.87. The summed E-state index contributed by atoms with van der Waals surface area (Å²) in [6.45, 7) is 13.1. The van der Waals surface area contributed by atoms with Gasteiger partial charge in [0.15, 0.2) is 0 Å². The summed E-state index contributed by atoms with van der Waals surface area (Å²) in [6.07, 6.45) is 3.45. The minimum absolute atomic E-state index is 0.103. The molecular formula is C17H21N3O. The van der Waals surface area contributed by atoms with Crippen LogP contribution in [0.2, 0.25) is 0 Å². The van der Waals surface area contributed by atoms with Crippen LogP contribution < -0.4 is 11.5 Å². The number of aliphatic imine (C=N–C) groups is 1. The first kappa shape index (κ1) is 16.4. The van der Waals surface area contributed by atoms with Crippen LogP contribution in [0.5, 0.6) is 0 Å². The molecule has 0 radical (unpaired) electrons. The maximum atomic E-state index is 11.3. The van der Waals surface area contributed by atoms with Crippen molar-refractivity contribution in [3.05, 3.63) is 53.3 Å². The number of carbonyl (C=O) groups excluding carboxylic acids is 1. The highest BCUT2D eigenvalue weighted by Crippen LogP contribution is 2.33. The Morgan fingerprint density at radius 3 is 2.43 bits per heavy atom. The Hall–Kier alpha value is -2.62. The monoisotopic (exact) mass is 283 g/mol. The minimum atomic E-state index is -0.632. The molecule has 0 bridgehead atoms. The molecule has 1 rings (SSSR count). The van der Waals surface area contributed by atoms with E-state index >= 15 is 0 Å². The Kier molecular flexibility index (Phi) is 5.24. The van der Waals surface area contributed by atoms with E-state index in [9.17, 15) is 4.79 Å². The molecule has 1 aromatic carbocycles. The predicted molar refractivity (Wildman–Crippen MR) is 90.2 cm³/mol. The third-order valence-corrected chi connectivity index (χ3v) is 3.30. The van der Waals surface area contributed by atoms with Crippen molar-refractivity contribution in [1.82, 2.24) is 0 Å². The fraction of sp³-hybridized carbons (Fsp3) is 0.176. The number of nitrogens with zero attached hydrogens (tertiary/aromatic N) is 1. The molecule has 0 aliphatic carbocycles. The number of allylic oxidation sites excluding steroid dienone is 1. The predicted octanol–water partition coefficient (Wildman–Crippen LogP) is 3.09. The molecule has 1 amide bonds. The molecule has 0 aromatic heterocycles. The molecule has 110 valence electrons. The van der Waals surface area contributed by atoms with Gasteiger partial charge in [0.2, 0.25) is 5.91 Å². The fourth-order valence-corrected chi connectivity index (χ4v) is 2.17. The average Bonchev–Trinajstić information content (AvgIpc) is 2.46. The SMILES string of the molecule is C=Cc1c(/N=C\C)ccc(C)c1/C(C)=C(\N)C(=C)C(N)=O. The Morgan fingerprint density at radius 2 is 1.95 bits per heavy atom.